The number of nitrogens with zero attached hydrogens (tertiary/aromatic N) is 3. The molecular weight excluding hydrogens is 186 g/mol. The predicted octanol–water partition coefficient (Wildman–Crippen LogP) is 0.757. The molecule has 6 heteroatoms. The van der Waals surface area contributed by atoms with Crippen LogP contribution in [0.25, 0.3) is 0 Å². The van der Waals surface area contributed by atoms with Gasteiger partial charge in [-0.05, 0) is 36.1 Å². The van der Waals surface area contributed by atoms with E-state index in [9.17, 15) is 10.1 Å². The molecular formula is C8H11N3O3. The number of rotatable bonds is 3. The van der Waals surface area contributed by atoms with E-state index in [2.05, 4.69) is 4.98 Å². The fraction of sp³-hybridized carbons (Fsp3) is 0.375. The normalized spacial score (nSPS) is 10.5. The molecule has 0 fully saturated rings. The molecule has 0 aromatic carbocycles. The van der Waals surface area contributed by atoms with Gasteiger partial charge in [0.25, 0.3) is 0 Å². The molecule has 0 spiro atoms. The lowest BCUT2D eigenvalue weighted by Crippen LogP contribution is -2.12. The van der Waals surface area contributed by atoms with Crippen molar-refractivity contribution in [2.45, 2.75) is 6.54 Å². The highest BCUT2D eigenvalue weighted by Gasteiger charge is 2.16. The van der Waals surface area contributed by atoms with E-state index in [1.54, 1.807) is 6.07 Å². The first-order valence-corrected chi connectivity index (χ1v) is 3.98. The quantitative estimate of drug-likeness (QED) is 0.571. The zero-order chi connectivity index (χ0) is 10.7. The largest absolute Gasteiger partial charge is 0.501 e. The molecule has 1 N–H and O–H groups in total. The van der Waals surface area contributed by atoms with Crippen molar-refractivity contribution in [2.75, 3.05) is 14.1 Å². The Morgan fingerprint density at radius 2 is 2.21 bits per heavy atom. The van der Waals surface area contributed by atoms with E-state index in [-0.39, 0.29) is 0 Å². The smallest absolute Gasteiger partial charge is 0.406 e. The summed E-state index contributed by atoms with van der Waals surface area (Å²) >= 11 is 0. The van der Waals surface area contributed by atoms with Gasteiger partial charge in [0.2, 0.25) is 5.75 Å². The molecule has 76 valence electrons. The molecule has 1 aromatic heterocycles. The first-order valence-electron chi connectivity index (χ1n) is 3.98. The van der Waals surface area contributed by atoms with Crippen LogP contribution in [0.3, 0.4) is 0 Å². The summed E-state index contributed by atoms with van der Waals surface area (Å²) in [6.07, 6.45) is 0. The van der Waals surface area contributed by atoms with Crippen molar-refractivity contribution < 1.29 is 10.0 Å². The van der Waals surface area contributed by atoms with Gasteiger partial charge in [-0.1, -0.05) is 0 Å². The van der Waals surface area contributed by atoms with Crippen LogP contribution in [0.15, 0.2) is 12.1 Å². The second-order valence-electron chi connectivity index (χ2n) is 3.14. The van der Waals surface area contributed by atoms with Crippen molar-refractivity contribution in [2.24, 2.45) is 0 Å². The second kappa shape index (κ2) is 4.01. The maximum absolute atomic E-state index is 10.4. The van der Waals surface area contributed by atoms with E-state index in [4.69, 9.17) is 5.11 Å². The fourth-order valence-electron chi connectivity index (χ4n) is 1.03. The van der Waals surface area contributed by atoms with E-state index in [0.29, 0.717) is 12.2 Å². The summed E-state index contributed by atoms with van der Waals surface area (Å²) in [5.41, 5.74) is 0.555. The molecule has 0 unspecified atom stereocenters. The van der Waals surface area contributed by atoms with Gasteiger partial charge in [-0.3, -0.25) is 0 Å². The molecule has 0 aliphatic rings. The van der Waals surface area contributed by atoms with Crippen molar-refractivity contribution in [3.8, 4) is 5.75 Å². The van der Waals surface area contributed by atoms with Gasteiger partial charge in [-0.15, -0.1) is 0 Å². The molecule has 1 heterocycles. The number of aromatic hydroxyl groups is 1. The molecule has 0 aliphatic heterocycles. The Kier molecular flexibility index (Phi) is 2.98. The molecule has 1 rings (SSSR count). The summed E-state index contributed by atoms with van der Waals surface area (Å²) in [7, 11) is 3.67. The molecule has 6 nitrogen and oxygen atoms in total. The Hall–Kier alpha value is -1.69. The number of nitro groups is 1. The van der Waals surface area contributed by atoms with Crippen molar-refractivity contribution in [3.63, 3.8) is 0 Å². The molecule has 0 radical (unpaired) electrons. The third kappa shape index (κ3) is 2.40. The monoisotopic (exact) mass is 197 g/mol. The number of hydrogen-bond acceptors (Lipinski definition) is 5. The molecule has 0 atom stereocenters. The zero-order valence-electron chi connectivity index (χ0n) is 7.97. The minimum absolute atomic E-state index is 0.405. The van der Waals surface area contributed by atoms with E-state index in [1.807, 2.05) is 19.0 Å². The van der Waals surface area contributed by atoms with Crippen molar-refractivity contribution in [3.05, 3.63) is 27.9 Å². The first-order chi connectivity index (χ1) is 6.50. The summed E-state index contributed by atoms with van der Waals surface area (Å²) < 4.78 is 0. The predicted molar refractivity (Wildman–Crippen MR) is 49.9 cm³/mol. The minimum Gasteiger partial charge on any atom is -0.501 e. The van der Waals surface area contributed by atoms with E-state index in [1.165, 1.54) is 6.07 Å². The lowest BCUT2D eigenvalue weighted by atomic mass is 10.3. The third-order valence-electron chi connectivity index (χ3n) is 1.56. The van der Waals surface area contributed by atoms with E-state index < -0.39 is 16.5 Å². The van der Waals surface area contributed by atoms with Gasteiger partial charge in [0.05, 0.1) is 6.54 Å². The molecule has 1 aromatic rings. The van der Waals surface area contributed by atoms with Gasteiger partial charge in [0.1, 0.15) is 0 Å². The van der Waals surface area contributed by atoms with E-state index in [0.717, 1.165) is 0 Å². The molecule has 14 heavy (non-hydrogen) atoms. The van der Waals surface area contributed by atoms with Crippen LogP contribution in [0, 0.1) is 10.1 Å². The Morgan fingerprint density at radius 3 is 2.71 bits per heavy atom. The van der Waals surface area contributed by atoms with Crippen LogP contribution in [-0.4, -0.2) is 34.0 Å². The molecule has 0 amide bonds. The lowest BCUT2D eigenvalue weighted by molar-refractivity contribution is -0.390. The van der Waals surface area contributed by atoms with Crippen LogP contribution in [0.1, 0.15) is 5.69 Å². The summed E-state index contributed by atoms with van der Waals surface area (Å²) in [5.74, 6) is -0.901. The standard InChI is InChI=1S/C8H11N3O3/c1-10(2)5-6-3-4-7(12)8(9-6)11(13)14/h3-4,12H,5H2,1-2H3. The van der Waals surface area contributed by atoms with Crippen molar-refractivity contribution >= 4 is 5.82 Å². The summed E-state index contributed by atoms with van der Waals surface area (Å²) in [6.45, 7) is 0.501. The number of pyridine rings is 1. The van der Waals surface area contributed by atoms with Crippen LogP contribution in [0.5, 0.6) is 5.75 Å². The molecule has 0 saturated carbocycles. The van der Waals surface area contributed by atoms with Crippen LogP contribution in [0.4, 0.5) is 5.82 Å². The molecule has 0 saturated heterocycles. The molecule has 0 aliphatic carbocycles. The van der Waals surface area contributed by atoms with Crippen LogP contribution in [-0.2, 0) is 6.54 Å². The molecule has 0 bridgehead atoms. The van der Waals surface area contributed by atoms with Gasteiger partial charge >= 0.3 is 5.82 Å². The Balaban J connectivity index is 3.00. The highest BCUT2D eigenvalue weighted by molar-refractivity contribution is 5.38. The van der Waals surface area contributed by atoms with Gasteiger partial charge < -0.3 is 20.1 Å². The van der Waals surface area contributed by atoms with Crippen molar-refractivity contribution in [1.29, 1.82) is 0 Å². The average Bonchev–Trinajstić information content (AvgIpc) is 2.07. The first kappa shape index (κ1) is 10.4. The third-order valence-corrected chi connectivity index (χ3v) is 1.56. The fourth-order valence-corrected chi connectivity index (χ4v) is 1.03. The lowest BCUT2D eigenvalue weighted by Gasteiger charge is -2.05. The summed E-state index contributed by atoms with van der Waals surface area (Å²) in [6, 6.07) is 2.84. The van der Waals surface area contributed by atoms with E-state index >= 15 is 0 Å². The average molecular weight is 197 g/mol. The van der Waals surface area contributed by atoms with Crippen LogP contribution >= 0.6 is 0 Å². The highest BCUT2D eigenvalue weighted by Crippen LogP contribution is 2.22. The number of aromatic nitrogens is 1. The minimum atomic E-state index is -0.700. The summed E-state index contributed by atoms with van der Waals surface area (Å²) in [4.78, 5) is 15.3. The van der Waals surface area contributed by atoms with Gasteiger partial charge in [-0.2, -0.15) is 0 Å². The summed E-state index contributed by atoms with van der Waals surface area (Å²) in [5, 5.41) is 19.6. The zero-order valence-corrected chi connectivity index (χ0v) is 7.97. The van der Waals surface area contributed by atoms with Gasteiger partial charge in [0.15, 0.2) is 5.69 Å². The Bertz CT molecular complexity index is 352. The van der Waals surface area contributed by atoms with Crippen LogP contribution in [0.2, 0.25) is 0 Å². The maximum atomic E-state index is 10.4. The van der Waals surface area contributed by atoms with Gasteiger partial charge in [0, 0.05) is 0 Å². The Labute approximate surface area is 81.0 Å². The second-order valence-corrected chi connectivity index (χ2v) is 3.14. The Morgan fingerprint density at radius 1 is 1.57 bits per heavy atom. The van der Waals surface area contributed by atoms with Gasteiger partial charge in [-0.25, -0.2) is 0 Å². The number of hydrogen-bond donors (Lipinski definition) is 1. The van der Waals surface area contributed by atoms with Crippen molar-refractivity contribution in [1.82, 2.24) is 9.88 Å². The van der Waals surface area contributed by atoms with Crippen LogP contribution < -0.4 is 0 Å². The maximum Gasteiger partial charge on any atom is 0.406 e. The highest BCUT2D eigenvalue weighted by atomic mass is 16.6. The topological polar surface area (TPSA) is 79.5 Å². The SMILES string of the molecule is CN(C)Cc1ccc(O)c([N+](=O)[O-])n1.